The van der Waals surface area contributed by atoms with Crippen LogP contribution in [0.2, 0.25) is 5.02 Å². The minimum absolute atomic E-state index is 0.0514. The summed E-state index contributed by atoms with van der Waals surface area (Å²) in [5.74, 6) is 0. The van der Waals surface area contributed by atoms with Crippen molar-refractivity contribution in [2.75, 3.05) is 0 Å². The molecule has 0 amide bonds. The Labute approximate surface area is 99.8 Å². The Hall–Kier alpha value is 0.0900. The molecule has 0 radical (unpaired) electrons. The van der Waals surface area contributed by atoms with Gasteiger partial charge in [-0.15, -0.1) is 0 Å². The van der Waals surface area contributed by atoms with Crippen molar-refractivity contribution in [3.8, 4) is 0 Å². The van der Waals surface area contributed by atoms with Crippen LogP contribution in [0.25, 0.3) is 0 Å². The molecule has 0 atom stereocenters. The number of hydrogen-bond acceptors (Lipinski definition) is 1. The molecule has 80 valence electrons. The van der Waals surface area contributed by atoms with Crippen molar-refractivity contribution in [3.63, 3.8) is 0 Å². The smallest absolute Gasteiger partial charge is 0.252 e. The van der Waals surface area contributed by atoms with Gasteiger partial charge in [0.2, 0.25) is 0 Å². The zero-order chi connectivity index (χ0) is 11.1. The molecule has 0 aliphatic carbocycles. The fourth-order valence-corrected chi connectivity index (χ4v) is 2.29. The Morgan fingerprint density at radius 3 is 2.14 bits per heavy atom. The predicted molar refractivity (Wildman–Crippen MR) is 59.9 cm³/mol. The fourth-order valence-electron chi connectivity index (χ4n) is 0.978. The maximum atomic E-state index is 12.4. The number of hydrogen-bond donors (Lipinski definition) is 0. The van der Waals surface area contributed by atoms with Crippen LogP contribution in [-0.2, 0) is 5.54 Å². The van der Waals surface area contributed by atoms with Crippen LogP contribution < -0.4 is 0 Å². The second-order valence-corrected chi connectivity index (χ2v) is 5.27. The Balaban J connectivity index is 3.29. The van der Waals surface area contributed by atoms with Gasteiger partial charge in [-0.3, -0.25) is 4.68 Å². The van der Waals surface area contributed by atoms with E-state index in [-0.39, 0.29) is 16.3 Å². The molecule has 1 rings (SSSR count). The molecule has 0 aliphatic rings. The number of rotatable bonds is 1. The standard InChI is InChI=1S/C8H10ClF2IN2/c1-8(2,3)14-7(12)4(9)5(13-14)6(10)11/h6H,1-3H3. The summed E-state index contributed by atoms with van der Waals surface area (Å²) in [6, 6.07) is 0. The van der Waals surface area contributed by atoms with Crippen LogP contribution in [0.5, 0.6) is 0 Å². The summed E-state index contributed by atoms with van der Waals surface area (Å²) in [6.45, 7) is 5.65. The van der Waals surface area contributed by atoms with Crippen LogP contribution in [0.4, 0.5) is 8.78 Å². The molecule has 6 heteroatoms. The highest BCUT2D eigenvalue weighted by Gasteiger charge is 2.26. The molecular weight excluding hydrogens is 324 g/mol. The van der Waals surface area contributed by atoms with Crippen molar-refractivity contribution in [1.29, 1.82) is 0 Å². The van der Waals surface area contributed by atoms with Crippen molar-refractivity contribution in [3.05, 3.63) is 14.4 Å². The first-order valence-electron chi connectivity index (χ1n) is 3.97. The molecule has 0 saturated heterocycles. The van der Waals surface area contributed by atoms with Gasteiger partial charge in [-0.2, -0.15) is 5.10 Å². The molecule has 0 N–H and O–H groups in total. The molecule has 14 heavy (non-hydrogen) atoms. The zero-order valence-electron chi connectivity index (χ0n) is 7.98. The normalized spacial score (nSPS) is 12.6. The molecule has 2 nitrogen and oxygen atoms in total. The van der Waals surface area contributed by atoms with E-state index in [9.17, 15) is 8.78 Å². The molecular formula is C8H10ClF2IN2. The summed E-state index contributed by atoms with van der Waals surface area (Å²) in [7, 11) is 0. The lowest BCUT2D eigenvalue weighted by molar-refractivity contribution is 0.143. The van der Waals surface area contributed by atoms with Crippen molar-refractivity contribution >= 4 is 34.2 Å². The van der Waals surface area contributed by atoms with E-state index in [1.807, 2.05) is 43.4 Å². The lowest BCUT2D eigenvalue weighted by atomic mass is 10.1. The van der Waals surface area contributed by atoms with Crippen LogP contribution in [-0.4, -0.2) is 9.78 Å². The van der Waals surface area contributed by atoms with Crippen LogP contribution in [0.1, 0.15) is 32.9 Å². The first-order valence-corrected chi connectivity index (χ1v) is 5.43. The van der Waals surface area contributed by atoms with Crippen LogP contribution >= 0.6 is 34.2 Å². The predicted octanol–water partition coefficient (Wildman–Crippen LogP) is 3.83. The third-order valence-corrected chi connectivity index (χ3v) is 3.33. The van der Waals surface area contributed by atoms with Crippen molar-refractivity contribution in [1.82, 2.24) is 9.78 Å². The highest BCUT2D eigenvalue weighted by atomic mass is 127. The van der Waals surface area contributed by atoms with Crippen molar-refractivity contribution in [2.24, 2.45) is 0 Å². The van der Waals surface area contributed by atoms with Gasteiger partial charge < -0.3 is 0 Å². The van der Waals surface area contributed by atoms with Gasteiger partial charge in [0.05, 0.1) is 5.54 Å². The molecule has 0 bridgehead atoms. The third kappa shape index (κ3) is 2.18. The van der Waals surface area contributed by atoms with E-state index < -0.39 is 6.43 Å². The second-order valence-electron chi connectivity index (χ2n) is 3.87. The van der Waals surface area contributed by atoms with E-state index in [0.29, 0.717) is 3.70 Å². The number of alkyl halides is 2. The van der Waals surface area contributed by atoms with Gasteiger partial charge in [0.1, 0.15) is 14.4 Å². The van der Waals surface area contributed by atoms with E-state index >= 15 is 0 Å². The van der Waals surface area contributed by atoms with E-state index in [1.165, 1.54) is 4.68 Å². The minimum atomic E-state index is -2.63. The summed E-state index contributed by atoms with van der Waals surface area (Å²) >= 11 is 7.66. The summed E-state index contributed by atoms with van der Waals surface area (Å²) in [6.07, 6.45) is -2.63. The Kier molecular flexibility index (Phi) is 3.41. The minimum Gasteiger partial charge on any atom is -0.252 e. The largest absolute Gasteiger partial charge is 0.283 e. The number of nitrogens with zero attached hydrogens (tertiary/aromatic N) is 2. The quantitative estimate of drug-likeness (QED) is 0.714. The average molecular weight is 335 g/mol. The summed E-state index contributed by atoms with van der Waals surface area (Å²) < 4.78 is 27.0. The van der Waals surface area contributed by atoms with Crippen molar-refractivity contribution in [2.45, 2.75) is 32.7 Å². The molecule has 0 spiro atoms. The second kappa shape index (κ2) is 3.92. The third-order valence-electron chi connectivity index (χ3n) is 1.64. The Morgan fingerprint density at radius 1 is 1.43 bits per heavy atom. The molecule has 1 aromatic heterocycles. The van der Waals surface area contributed by atoms with Crippen molar-refractivity contribution < 1.29 is 8.78 Å². The summed E-state index contributed by atoms with van der Waals surface area (Å²) in [5, 5.41) is 3.86. The molecule has 0 fully saturated rings. The molecule has 0 aliphatic heterocycles. The average Bonchev–Trinajstić information content (AvgIpc) is 2.28. The van der Waals surface area contributed by atoms with Gasteiger partial charge in [0, 0.05) is 0 Å². The van der Waals surface area contributed by atoms with E-state index in [1.54, 1.807) is 0 Å². The number of aromatic nitrogens is 2. The topological polar surface area (TPSA) is 17.8 Å². The molecule has 1 heterocycles. The monoisotopic (exact) mass is 334 g/mol. The van der Waals surface area contributed by atoms with E-state index in [2.05, 4.69) is 5.10 Å². The highest BCUT2D eigenvalue weighted by Crippen LogP contribution is 2.32. The van der Waals surface area contributed by atoms with Gasteiger partial charge in [-0.25, -0.2) is 8.78 Å². The lowest BCUT2D eigenvalue weighted by Crippen LogP contribution is -2.24. The molecule has 1 aromatic rings. The Bertz CT molecular complexity index is 344. The molecule has 0 aromatic carbocycles. The summed E-state index contributed by atoms with van der Waals surface area (Å²) in [5.41, 5.74) is -0.682. The van der Waals surface area contributed by atoms with Gasteiger partial charge in [0.15, 0.2) is 0 Å². The number of halogens is 4. The fraction of sp³-hybridized carbons (Fsp3) is 0.625. The van der Waals surface area contributed by atoms with Crippen LogP contribution in [0.15, 0.2) is 0 Å². The molecule has 0 saturated carbocycles. The lowest BCUT2D eigenvalue weighted by Gasteiger charge is -2.20. The van der Waals surface area contributed by atoms with Gasteiger partial charge in [-0.1, -0.05) is 11.6 Å². The van der Waals surface area contributed by atoms with Gasteiger partial charge in [0.25, 0.3) is 6.43 Å². The van der Waals surface area contributed by atoms with E-state index in [4.69, 9.17) is 11.6 Å². The maximum absolute atomic E-state index is 12.4. The maximum Gasteiger partial charge on any atom is 0.283 e. The van der Waals surface area contributed by atoms with Gasteiger partial charge >= 0.3 is 0 Å². The molecule has 0 unspecified atom stereocenters. The summed E-state index contributed by atoms with van der Waals surface area (Å²) in [4.78, 5) is 0. The zero-order valence-corrected chi connectivity index (χ0v) is 10.9. The van der Waals surface area contributed by atoms with Crippen LogP contribution in [0.3, 0.4) is 0 Å². The Morgan fingerprint density at radius 2 is 1.93 bits per heavy atom. The first kappa shape index (κ1) is 12.2. The van der Waals surface area contributed by atoms with Gasteiger partial charge in [-0.05, 0) is 43.4 Å². The van der Waals surface area contributed by atoms with E-state index in [0.717, 1.165) is 0 Å². The van der Waals surface area contributed by atoms with Crippen LogP contribution in [0, 0.1) is 3.70 Å². The SMILES string of the molecule is CC(C)(C)n1nc(C(F)F)c(Cl)c1I. The first-order chi connectivity index (χ1) is 6.25. The highest BCUT2D eigenvalue weighted by molar-refractivity contribution is 14.1.